The highest BCUT2D eigenvalue weighted by molar-refractivity contribution is 7.45. The third-order valence-corrected chi connectivity index (χ3v) is 17.1. The molecule has 0 aromatic heterocycles. The summed E-state index contributed by atoms with van der Waals surface area (Å²) in [7, 11) is 1.20. The largest absolute Gasteiger partial charge is 0.756 e. The molecule has 0 aliphatic carbocycles. The fourth-order valence-electron chi connectivity index (χ4n) is 10.8. The van der Waals surface area contributed by atoms with Crippen LogP contribution in [0.5, 0.6) is 0 Å². The van der Waals surface area contributed by atoms with Gasteiger partial charge in [-0.3, -0.25) is 14.2 Å². The number of phosphoric acid groups is 1. The van der Waals surface area contributed by atoms with Crippen molar-refractivity contribution in [3.63, 3.8) is 0 Å². The average Bonchev–Trinajstić information content (AvgIpc) is 3.40. The maximum Gasteiger partial charge on any atom is 0.306 e. The van der Waals surface area contributed by atoms with Crippen molar-refractivity contribution in [2.75, 3.05) is 47.5 Å². The Labute approximate surface area is 486 Å². The van der Waals surface area contributed by atoms with Crippen LogP contribution in [0.25, 0.3) is 0 Å². The number of quaternary nitrogens is 1. The van der Waals surface area contributed by atoms with Crippen LogP contribution in [0.2, 0.25) is 0 Å². The van der Waals surface area contributed by atoms with Crippen LogP contribution in [0.3, 0.4) is 0 Å². The molecule has 0 aliphatic heterocycles. The minimum absolute atomic E-state index is 0.0249. The van der Waals surface area contributed by atoms with Crippen LogP contribution in [0.4, 0.5) is 0 Å². The van der Waals surface area contributed by atoms with Gasteiger partial charge in [-0.15, -0.1) is 0 Å². The van der Waals surface area contributed by atoms with E-state index in [1.54, 1.807) is 0 Å². The molecule has 2 unspecified atom stereocenters. The van der Waals surface area contributed by atoms with E-state index in [1.165, 1.54) is 308 Å². The zero-order valence-corrected chi connectivity index (χ0v) is 54.1. The van der Waals surface area contributed by atoms with Gasteiger partial charge in [-0.1, -0.05) is 348 Å². The number of esters is 2. The third-order valence-electron chi connectivity index (χ3n) is 16.1. The van der Waals surface area contributed by atoms with Gasteiger partial charge in [0.2, 0.25) is 0 Å². The lowest BCUT2D eigenvalue weighted by Crippen LogP contribution is -2.37. The summed E-state index contributed by atoms with van der Waals surface area (Å²) in [6, 6.07) is 0. The smallest absolute Gasteiger partial charge is 0.306 e. The van der Waals surface area contributed by atoms with Crippen molar-refractivity contribution in [2.45, 2.75) is 380 Å². The number of nitrogens with zero attached hydrogens (tertiary/aromatic N) is 1. The van der Waals surface area contributed by atoms with E-state index < -0.39 is 26.5 Å². The number of carbonyl (C=O) groups excluding carboxylic acids is 2. The Morgan fingerprint density at radius 2 is 0.577 bits per heavy atom. The predicted octanol–water partition coefficient (Wildman–Crippen LogP) is 21.5. The maximum absolute atomic E-state index is 12.8. The number of hydrogen-bond donors (Lipinski definition) is 0. The molecule has 0 radical (unpaired) electrons. The first-order valence-corrected chi connectivity index (χ1v) is 36.2. The zero-order chi connectivity index (χ0) is 57.0. The number of phosphoric ester groups is 1. The number of carbonyl (C=O) groups is 2. The van der Waals surface area contributed by atoms with Crippen molar-refractivity contribution in [2.24, 2.45) is 0 Å². The molecule has 0 aromatic carbocycles. The zero-order valence-electron chi connectivity index (χ0n) is 53.2. The summed E-state index contributed by atoms with van der Waals surface area (Å²) in [5.74, 6) is -0.805. The number of ether oxygens (including phenoxy) is 2. The molecule has 466 valence electrons. The number of unbranched alkanes of at least 4 members (excludes halogenated alkanes) is 52. The van der Waals surface area contributed by atoms with E-state index in [1.807, 2.05) is 21.1 Å². The fourth-order valence-corrected chi connectivity index (χ4v) is 11.5. The quantitative estimate of drug-likeness (QED) is 0.0256. The highest BCUT2D eigenvalue weighted by Gasteiger charge is 2.22. The summed E-state index contributed by atoms with van der Waals surface area (Å²) in [6.07, 6.45) is 72.0. The van der Waals surface area contributed by atoms with Gasteiger partial charge in [-0.05, 0) is 12.8 Å². The third kappa shape index (κ3) is 64.2. The summed E-state index contributed by atoms with van der Waals surface area (Å²) in [4.78, 5) is 38.0. The monoisotopic (exact) mass is 1130 g/mol. The fraction of sp³-hybridized carbons (Fsp3) is 0.971. The molecule has 2 atom stereocenters. The van der Waals surface area contributed by atoms with Crippen molar-refractivity contribution in [3.05, 3.63) is 0 Å². The molecule has 0 bridgehead atoms. The Morgan fingerprint density at radius 1 is 0.346 bits per heavy atom. The molecule has 0 fully saturated rings. The summed E-state index contributed by atoms with van der Waals surface area (Å²) in [5.41, 5.74) is 0. The van der Waals surface area contributed by atoms with Crippen molar-refractivity contribution in [3.8, 4) is 0 Å². The SMILES string of the molecule is CCCCCCCCCCCCCCCCCCCCCCCCCCCCCCCCCCCCC(=O)OC(COC(=O)CCCCCCCCCCCCCCCCCCCCCC)COP(=O)([O-])OCC[N+](C)(C)C. The lowest BCUT2D eigenvalue weighted by Gasteiger charge is -2.28. The van der Waals surface area contributed by atoms with Crippen molar-refractivity contribution in [1.82, 2.24) is 0 Å². The summed E-state index contributed by atoms with van der Waals surface area (Å²) >= 11 is 0. The first kappa shape index (κ1) is 77.0. The lowest BCUT2D eigenvalue weighted by molar-refractivity contribution is -0.870. The van der Waals surface area contributed by atoms with E-state index in [0.29, 0.717) is 17.4 Å². The van der Waals surface area contributed by atoms with Crippen LogP contribution in [-0.4, -0.2) is 70.0 Å². The molecule has 0 spiro atoms. The van der Waals surface area contributed by atoms with E-state index in [-0.39, 0.29) is 32.0 Å². The van der Waals surface area contributed by atoms with Gasteiger partial charge in [0.15, 0.2) is 6.10 Å². The summed E-state index contributed by atoms with van der Waals surface area (Å²) < 4.78 is 34.3. The Bertz CT molecular complexity index is 1280. The second kappa shape index (κ2) is 60.6. The first-order valence-electron chi connectivity index (χ1n) is 34.7. The molecule has 0 N–H and O–H groups in total. The van der Waals surface area contributed by atoms with E-state index in [9.17, 15) is 19.0 Å². The van der Waals surface area contributed by atoms with Crippen LogP contribution in [-0.2, 0) is 32.7 Å². The van der Waals surface area contributed by atoms with Gasteiger partial charge in [0.1, 0.15) is 19.8 Å². The lowest BCUT2D eigenvalue weighted by atomic mass is 10.0. The van der Waals surface area contributed by atoms with Gasteiger partial charge >= 0.3 is 11.9 Å². The molecule has 0 aliphatic rings. The number of rotatable bonds is 66. The predicted molar refractivity (Wildman–Crippen MR) is 333 cm³/mol. The Morgan fingerprint density at radius 3 is 0.821 bits per heavy atom. The van der Waals surface area contributed by atoms with Crippen LogP contribution < -0.4 is 4.89 Å². The first-order chi connectivity index (χ1) is 38.0. The minimum atomic E-state index is -4.63. The maximum atomic E-state index is 12.8. The molecule has 0 rings (SSSR count). The molecule has 9 nitrogen and oxygen atoms in total. The van der Waals surface area contributed by atoms with Gasteiger partial charge in [0.05, 0.1) is 27.7 Å². The molecule has 10 heteroatoms. The molecule has 0 saturated carbocycles. The van der Waals surface area contributed by atoms with Gasteiger partial charge in [0.25, 0.3) is 7.82 Å². The second-order valence-corrected chi connectivity index (χ2v) is 26.7. The number of hydrogen-bond acceptors (Lipinski definition) is 8. The molecular formula is C68H136NO8P. The second-order valence-electron chi connectivity index (χ2n) is 25.3. The Hall–Kier alpha value is -0.990. The molecular weight excluding hydrogens is 990 g/mol. The topological polar surface area (TPSA) is 111 Å². The van der Waals surface area contributed by atoms with Gasteiger partial charge in [-0.2, -0.15) is 0 Å². The standard InChI is InChI=1S/C68H136NO8P/c1-6-8-10-12-14-16-18-20-22-24-26-28-29-30-31-32-33-34-35-36-37-38-39-40-41-43-45-47-49-51-53-55-57-59-61-68(71)77-66(65-76-78(72,73)75-63-62-69(3,4)5)64-74-67(70)60-58-56-54-52-50-48-46-44-42-27-25-23-21-19-17-15-13-11-9-7-2/h66H,6-65H2,1-5H3. The summed E-state index contributed by atoms with van der Waals surface area (Å²) in [5, 5.41) is 0. The van der Waals surface area contributed by atoms with E-state index in [0.717, 1.165) is 32.1 Å². The molecule has 0 aromatic rings. The van der Waals surface area contributed by atoms with Crippen molar-refractivity contribution in [1.29, 1.82) is 0 Å². The highest BCUT2D eigenvalue weighted by atomic mass is 31.2. The average molecular weight is 1130 g/mol. The van der Waals surface area contributed by atoms with Crippen molar-refractivity contribution >= 4 is 19.8 Å². The van der Waals surface area contributed by atoms with Gasteiger partial charge < -0.3 is 27.9 Å². The number of likely N-dealkylation sites (N-methyl/N-ethyl adjacent to an activating group) is 1. The minimum Gasteiger partial charge on any atom is -0.756 e. The van der Waals surface area contributed by atoms with Crippen LogP contribution in [0, 0.1) is 0 Å². The van der Waals surface area contributed by atoms with Crippen LogP contribution in [0.1, 0.15) is 373 Å². The van der Waals surface area contributed by atoms with Gasteiger partial charge in [0, 0.05) is 12.8 Å². The van der Waals surface area contributed by atoms with Gasteiger partial charge in [-0.25, -0.2) is 0 Å². The molecule has 0 amide bonds. The van der Waals surface area contributed by atoms with Crippen LogP contribution in [0.15, 0.2) is 0 Å². The van der Waals surface area contributed by atoms with E-state index in [4.69, 9.17) is 18.5 Å². The van der Waals surface area contributed by atoms with E-state index >= 15 is 0 Å². The van der Waals surface area contributed by atoms with Crippen LogP contribution >= 0.6 is 7.82 Å². The van der Waals surface area contributed by atoms with Crippen molar-refractivity contribution < 1.29 is 42.1 Å². The Kier molecular flexibility index (Phi) is 59.8. The summed E-state index contributed by atoms with van der Waals surface area (Å²) in [6.45, 7) is 4.33. The molecule has 78 heavy (non-hydrogen) atoms. The molecule has 0 heterocycles. The normalized spacial score (nSPS) is 13.1. The Balaban J connectivity index is 3.93. The molecule has 0 saturated heterocycles. The van der Waals surface area contributed by atoms with E-state index in [2.05, 4.69) is 13.8 Å². The highest BCUT2D eigenvalue weighted by Crippen LogP contribution is 2.38.